The highest BCUT2D eigenvalue weighted by Crippen LogP contribution is 2.23. The van der Waals surface area contributed by atoms with E-state index < -0.39 is 6.04 Å². The molecule has 0 spiro atoms. The first kappa shape index (κ1) is 24.0. The first-order valence-corrected chi connectivity index (χ1v) is 10.6. The molecule has 2 aromatic carbocycles. The molecule has 0 aliphatic carbocycles. The average molecular weight is 451 g/mol. The van der Waals surface area contributed by atoms with Gasteiger partial charge in [-0.3, -0.25) is 9.59 Å². The van der Waals surface area contributed by atoms with Gasteiger partial charge in [-0.05, 0) is 48.2 Å². The number of amides is 2. The normalized spacial score (nSPS) is 11.8. The highest BCUT2D eigenvalue weighted by atomic mass is 35.5. The van der Waals surface area contributed by atoms with E-state index in [1.807, 2.05) is 38.1 Å². The molecule has 0 saturated carbocycles. The molecule has 30 heavy (non-hydrogen) atoms. The maximum atomic E-state index is 13.2. The molecule has 0 unspecified atom stereocenters. The van der Waals surface area contributed by atoms with Crippen molar-refractivity contribution in [3.05, 3.63) is 63.6 Å². The number of methoxy groups -OCH3 is 1. The number of benzene rings is 2. The zero-order chi connectivity index (χ0) is 22.3. The summed E-state index contributed by atoms with van der Waals surface area (Å²) >= 11 is 12.2. The summed E-state index contributed by atoms with van der Waals surface area (Å²) in [6.07, 6.45) is 0.0712. The van der Waals surface area contributed by atoms with Crippen molar-refractivity contribution in [3.8, 4) is 5.75 Å². The minimum absolute atomic E-state index is 0.0712. The van der Waals surface area contributed by atoms with Gasteiger partial charge in [-0.2, -0.15) is 0 Å². The molecule has 0 aliphatic rings. The average Bonchev–Trinajstić information content (AvgIpc) is 2.71. The van der Waals surface area contributed by atoms with Crippen LogP contribution in [-0.2, 0) is 22.6 Å². The van der Waals surface area contributed by atoms with Crippen molar-refractivity contribution in [1.29, 1.82) is 0 Å². The van der Waals surface area contributed by atoms with Gasteiger partial charge < -0.3 is 15.0 Å². The predicted octanol–water partition coefficient (Wildman–Crippen LogP) is 4.73. The molecule has 7 heteroatoms. The summed E-state index contributed by atoms with van der Waals surface area (Å²) in [5.41, 5.74) is 1.53. The van der Waals surface area contributed by atoms with Crippen LogP contribution < -0.4 is 10.1 Å². The molecule has 0 aliphatic heterocycles. The smallest absolute Gasteiger partial charge is 0.242 e. The lowest BCUT2D eigenvalue weighted by molar-refractivity contribution is -0.140. The third kappa shape index (κ3) is 6.92. The Balaban J connectivity index is 2.26. The van der Waals surface area contributed by atoms with E-state index >= 15 is 0 Å². The predicted molar refractivity (Wildman–Crippen MR) is 121 cm³/mol. The van der Waals surface area contributed by atoms with E-state index in [1.54, 1.807) is 37.1 Å². The molecule has 0 bridgehead atoms. The topological polar surface area (TPSA) is 58.6 Å². The number of hydrogen-bond acceptors (Lipinski definition) is 3. The van der Waals surface area contributed by atoms with Crippen LogP contribution >= 0.6 is 23.2 Å². The Kier molecular flexibility index (Phi) is 9.00. The molecule has 0 aromatic heterocycles. The number of nitrogens with zero attached hydrogens (tertiary/aromatic N) is 1. The number of hydrogen-bond donors (Lipinski definition) is 1. The van der Waals surface area contributed by atoms with Crippen molar-refractivity contribution >= 4 is 35.0 Å². The number of carbonyl (C=O) groups is 2. The van der Waals surface area contributed by atoms with E-state index in [9.17, 15) is 9.59 Å². The van der Waals surface area contributed by atoms with Crippen LogP contribution in [0.15, 0.2) is 42.5 Å². The van der Waals surface area contributed by atoms with Crippen molar-refractivity contribution in [1.82, 2.24) is 10.2 Å². The maximum absolute atomic E-state index is 13.2. The molecule has 0 heterocycles. The first-order chi connectivity index (χ1) is 14.2. The Morgan fingerprint density at radius 2 is 1.83 bits per heavy atom. The molecule has 162 valence electrons. The number of rotatable bonds is 9. The lowest BCUT2D eigenvalue weighted by Gasteiger charge is -2.29. The monoisotopic (exact) mass is 450 g/mol. The van der Waals surface area contributed by atoms with Crippen LogP contribution in [-0.4, -0.2) is 36.4 Å². The minimum atomic E-state index is -0.645. The van der Waals surface area contributed by atoms with Gasteiger partial charge in [0.05, 0.1) is 13.5 Å². The Morgan fingerprint density at radius 1 is 1.10 bits per heavy atom. The van der Waals surface area contributed by atoms with Gasteiger partial charge in [0.15, 0.2) is 0 Å². The molecule has 5 nitrogen and oxygen atoms in total. The molecule has 2 amide bonds. The van der Waals surface area contributed by atoms with Crippen LogP contribution in [0.25, 0.3) is 0 Å². The fourth-order valence-corrected chi connectivity index (χ4v) is 3.41. The van der Waals surface area contributed by atoms with Gasteiger partial charge in [0.25, 0.3) is 0 Å². The SMILES string of the molecule is COc1cccc(CN(C(=O)Cc2ccc(Cl)cc2Cl)[C@@H](C)C(=O)NCC(C)C)c1. The van der Waals surface area contributed by atoms with Crippen molar-refractivity contribution in [2.75, 3.05) is 13.7 Å². The summed E-state index contributed by atoms with van der Waals surface area (Å²) in [7, 11) is 1.59. The van der Waals surface area contributed by atoms with Gasteiger partial charge in [-0.15, -0.1) is 0 Å². The van der Waals surface area contributed by atoms with Crippen molar-refractivity contribution in [3.63, 3.8) is 0 Å². The highest BCUT2D eigenvalue weighted by molar-refractivity contribution is 6.35. The van der Waals surface area contributed by atoms with Gasteiger partial charge in [0.2, 0.25) is 11.8 Å². The summed E-state index contributed by atoms with van der Waals surface area (Å²) in [4.78, 5) is 27.5. The van der Waals surface area contributed by atoms with Crippen LogP contribution in [0.1, 0.15) is 31.9 Å². The zero-order valence-corrected chi connectivity index (χ0v) is 19.3. The van der Waals surface area contributed by atoms with E-state index in [2.05, 4.69) is 5.32 Å². The molecular weight excluding hydrogens is 423 g/mol. The van der Waals surface area contributed by atoms with Gasteiger partial charge >= 0.3 is 0 Å². The quantitative estimate of drug-likeness (QED) is 0.600. The third-order valence-electron chi connectivity index (χ3n) is 4.70. The van der Waals surface area contributed by atoms with E-state index in [0.717, 1.165) is 5.56 Å². The molecule has 0 fully saturated rings. The molecular formula is C23H28Cl2N2O3. The third-order valence-corrected chi connectivity index (χ3v) is 5.28. The summed E-state index contributed by atoms with van der Waals surface area (Å²) < 4.78 is 5.28. The summed E-state index contributed by atoms with van der Waals surface area (Å²) in [6.45, 7) is 6.60. The van der Waals surface area contributed by atoms with Crippen LogP contribution in [0.2, 0.25) is 10.0 Å². The van der Waals surface area contributed by atoms with E-state index in [0.29, 0.717) is 33.8 Å². The first-order valence-electron chi connectivity index (χ1n) is 9.85. The lowest BCUT2D eigenvalue weighted by atomic mass is 10.1. The Hall–Kier alpha value is -2.24. The van der Waals surface area contributed by atoms with Crippen molar-refractivity contribution in [2.45, 2.75) is 39.8 Å². The molecule has 0 saturated heterocycles. The standard InChI is InChI=1S/C23H28Cl2N2O3/c1-15(2)13-26-23(29)16(3)27(14-17-6-5-7-20(10-17)30-4)22(28)11-18-8-9-19(24)12-21(18)25/h5-10,12,15-16H,11,13-14H2,1-4H3,(H,26,29)/t16-/m0/s1. The number of nitrogens with one attached hydrogen (secondary N) is 1. The summed E-state index contributed by atoms with van der Waals surface area (Å²) in [5.74, 6) is 0.616. The van der Waals surface area contributed by atoms with Gasteiger partial charge in [0.1, 0.15) is 11.8 Å². The van der Waals surface area contributed by atoms with E-state index in [4.69, 9.17) is 27.9 Å². The second-order valence-corrected chi connectivity index (χ2v) is 8.44. The molecule has 0 radical (unpaired) electrons. The van der Waals surface area contributed by atoms with E-state index in [1.165, 1.54) is 0 Å². The number of ether oxygens (including phenoxy) is 1. The zero-order valence-electron chi connectivity index (χ0n) is 17.7. The fourth-order valence-electron chi connectivity index (χ4n) is 2.93. The van der Waals surface area contributed by atoms with Crippen molar-refractivity contribution in [2.24, 2.45) is 5.92 Å². The van der Waals surface area contributed by atoms with Gasteiger partial charge in [0, 0.05) is 23.1 Å². The van der Waals surface area contributed by atoms with Crippen LogP contribution in [0.3, 0.4) is 0 Å². The lowest BCUT2D eigenvalue weighted by Crippen LogP contribution is -2.48. The Labute approximate surface area is 188 Å². The largest absolute Gasteiger partial charge is 0.497 e. The summed E-state index contributed by atoms with van der Waals surface area (Å²) in [6, 6.07) is 11.8. The van der Waals surface area contributed by atoms with Gasteiger partial charge in [-0.25, -0.2) is 0 Å². The van der Waals surface area contributed by atoms with Crippen LogP contribution in [0, 0.1) is 5.92 Å². The second-order valence-electron chi connectivity index (χ2n) is 7.60. The maximum Gasteiger partial charge on any atom is 0.242 e. The van der Waals surface area contributed by atoms with E-state index in [-0.39, 0.29) is 24.8 Å². The second kappa shape index (κ2) is 11.2. The minimum Gasteiger partial charge on any atom is -0.497 e. The number of halogens is 2. The van der Waals surface area contributed by atoms with Crippen molar-refractivity contribution < 1.29 is 14.3 Å². The molecule has 1 N–H and O–H groups in total. The molecule has 2 aromatic rings. The fraction of sp³-hybridized carbons (Fsp3) is 0.391. The van der Waals surface area contributed by atoms with Crippen LogP contribution in [0.5, 0.6) is 5.75 Å². The van der Waals surface area contributed by atoms with Gasteiger partial charge in [-0.1, -0.05) is 55.2 Å². The Bertz CT molecular complexity index is 887. The highest BCUT2D eigenvalue weighted by Gasteiger charge is 2.26. The Morgan fingerprint density at radius 3 is 2.47 bits per heavy atom. The molecule has 2 rings (SSSR count). The number of carbonyl (C=O) groups excluding carboxylic acids is 2. The molecule has 1 atom stereocenters. The summed E-state index contributed by atoms with van der Waals surface area (Å²) in [5, 5.41) is 3.84. The van der Waals surface area contributed by atoms with Crippen LogP contribution in [0.4, 0.5) is 0 Å².